The van der Waals surface area contributed by atoms with Crippen LogP contribution in [-0.2, 0) is 38.4 Å². The van der Waals surface area contributed by atoms with Crippen molar-refractivity contribution in [2.75, 3.05) is 23.4 Å². The van der Waals surface area contributed by atoms with Gasteiger partial charge in [0, 0.05) is 28.8 Å². The van der Waals surface area contributed by atoms with Crippen LogP contribution in [0.15, 0.2) is 40.9 Å². The number of carbonyl (C=O) groups is 3. The van der Waals surface area contributed by atoms with Crippen LogP contribution in [0.25, 0.3) is 0 Å². The van der Waals surface area contributed by atoms with Crippen molar-refractivity contribution in [3.63, 3.8) is 0 Å². The van der Waals surface area contributed by atoms with E-state index in [2.05, 4.69) is 35.1 Å². The number of carbonyl (C=O) groups excluding carboxylic acids is 3. The van der Waals surface area contributed by atoms with Gasteiger partial charge in [-0.25, -0.2) is 0 Å². The monoisotopic (exact) mass is 500 g/mol. The van der Waals surface area contributed by atoms with E-state index in [0.29, 0.717) is 5.69 Å². The highest BCUT2D eigenvalue weighted by molar-refractivity contribution is 9.10. The summed E-state index contributed by atoms with van der Waals surface area (Å²) in [5.41, 5.74) is 4.78. The van der Waals surface area contributed by atoms with Crippen LogP contribution in [-0.4, -0.2) is 30.9 Å². The summed E-state index contributed by atoms with van der Waals surface area (Å²) in [6.07, 6.45) is 2.46. The summed E-state index contributed by atoms with van der Waals surface area (Å²) in [6.45, 7) is 6.00. The Hall–Kier alpha value is -2.67. The Kier molecular flexibility index (Phi) is 8.07. The van der Waals surface area contributed by atoms with E-state index in [1.165, 1.54) is 0 Å². The van der Waals surface area contributed by atoms with E-state index in [9.17, 15) is 14.4 Å². The molecule has 1 saturated heterocycles. The van der Waals surface area contributed by atoms with Crippen LogP contribution < -0.4 is 10.2 Å². The number of ether oxygens (including phenoxy) is 1. The first kappa shape index (κ1) is 24.0. The number of amides is 2. The Morgan fingerprint density at radius 3 is 2.34 bits per heavy atom. The molecule has 0 aromatic heterocycles. The molecule has 1 heterocycles. The zero-order valence-electron chi connectivity index (χ0n) is 18.7. The summed E-state index contributed by atoms with van der Waals surface area (Å²) < 4.78 is 6.20. The maximum Gasteiger partial charge on any atom is 0.311 e. The van der Waals surface area contributed by atoms with E-state index in [1.807, 2.05) is 43.3 Å². The molecule has 3 rings (SSSR count). The van der Waals surface area contributed by atoms with E-state index < -0.39 is 17.8 Å². The van der Waals surface area contributed by atoms with Crippen molar-refractivity contribution in [3.05, 3.63) is 57.6 Å². The number of para-hydroxylation sites is 1. The number of esters is 1. The predicted octanol–water partition coefficient (Wildman–Crippen LogP) is 4.67. The van der Waals surface area contributed by atoms with Crippen LogP contribution in [0.1, 0.15) is 43.9 Å². The molecule has 32 heavy (non-hydrogen) atoms. The lowest BCUT2D eigenvalue weighted by atomic mass is 10.0. The van der Waals surface area contributed by atoms with Gasteiger partial charge in [0.1, 0.15) is 0 Å². The molecule has 0 radical (unpaired) electrons. The Bertz CT molecular complexity index is 999. The number of aryl methyl sites for hydroxylation is 3. The number of rotatable bonds is 8. The zero-order valence-corrected chi connectivity index (χ0v) is 20.3. The third kappa shape index (κ3) is 5.38. The summed E-state index contributed by atoms with van der Waals surface area (Å²) in [4.78, 5) is 39.4. The van der Waals surface area contributed by atoms with Gasteiger partial charge in [-0.05, 0) is 54.2 Å². The summed E-state index contributed by atoms with van der Waals surface area (Å²) in [7, 11) is 0. The molecule has 1 aliphatic rings. The molecule has 0 saturated carbocycles. The molecular formula is C25H29BrN2O4. The quantitative estimate of drug-likeness (QED) is 0.534. The standard InChI is InChI=1S/C25H29BrN2O4/c1-4-16-8-7-9-17(5-2)24(16)28-14-19(13-23(28)30)25(31)32-15-22(29)27-21-11-10-20(26)12-18(21)6-3/h7-12,19H,4-6,13-15H2,1-3H3,(H,27,29)/t19-/m1/s1. The van der Waals surface area contributed by atoms with Crippen molar-refractivity contribution < 1.29 is 19.1 Å². The van der Waals surface area contributed by atoms with Crippen LogP contribution in [0.4, 0.5) is 11.4 Å². The van der Waals surface area contributed by atoms with Gasteiger partial charge in [0.15, 0.2) is 6.61 Å². The Balaban J connectivity index is 1.62. The van der Waals surface area contributed by atoms with Crippen molar-refractivity contribution >= 4 is 45.1 Å². The van der Waals surface area contributed by atoms with Crippen LogP contribution in [0.2, 0.25) is 0 Å². The van der Waals surface area contributed by atoms with Crippen molar-refractivity contribution in [1.29, 1.82) is 0 Å². The van der Waals surface area contributed by atoms with E-state index in [-0.39, 0.29) is 25.5 Å². The molecule has 0 unspecified atom stereocenters. The molecule has 2 aromatic rings. The molecule has 0 spiro atoms. The highest BCUT2D eigenvalue weighted by atomic mass is 79.9. The molecule has 7 heteroatoms. The fourth-order valence-electron chi connectivity index (χ4n) is 4.06. The first-order valence-electron chi connectivity index (χ1n) is 11.0. The topological polar surface area (TPSA) is 75.7 Å². The lowest BCUT2D eigenvalue weighted by molar-refractivity contribution is -0.151. The maximum atomic E-state index is 12.7. The first-order valence-corrected chi connectivity index (χ1v) is 11.8. The predicted molar refractivity (Wildman–Crippen MR) is 129 cm³/mol. The lowest BCUT2D eigenvalue weighted by Gasteiger charge is -2.23. The van der Waals surface area contributed by atoms with Gasteiger partial charge < -0.3 is 15.0 Å². The highest BCUT2D eigenvalue weighted by Crippen LogP contribution is 2.32. The summed E-state index contributed by atoms with van der Waals surface area (Å²) in [5, 5.41) is 2.79. The Morgan fingerprint density at radius 1 is 1.06 bits per heavy atom. The number of halogens is 1. The van der Waals surface area contributed by atoms with Crippen LogP contribution in [0.3, 0.4) is 0 Å². The van der Waals surface area contributed by atoms with Gasteiger partial charge >= 0.3 is 5.97 Å². The van der Waals surface area contributed by atoms with Crippen molar-refractivity contribution in [2.45, 2.75) is 46.5 Å². The van der Waals surface area contributed by atoms with E-state index in [0.717, 1.165) is 46.1 Å². The number of nitrogens with zero attached hydrogens (tertiary/aromatic N) is 1. The normalized spacial score (nSPS) is 15.7. The second-order valence-electron chi connectivity index (χ2n) is 7.85. The number of nitrogens with one attached hydrogen (secondary N) is 1. The van der Waals surface area contributed by atoms with Gasteiger partial charge in [-0.3, -0.25) is 14.4 Å². The van der Waals surface area contributed by atoms with E-state index >= 15 is 0 Å². The molecular weight excluding hydrogens is 472 g/mol. The zero-order chi connectivity index (χ0) is 23.3. The molecule has 1 atom stereocenters. The SMILES string of the molecule is CCc1cc(Br)ccc1NC(=O)COC(=O)[C@@H]1CC(=O)N(c2c(CC)cccc2CC)C1. The largest absolute Gasteiger partial charge is 0.455 e. The fourth-order valence-corrected chi connectivity index (χ4v) is 4.47. The minimum Gasteiger partial charge on any atom is -0.455 e. The van der Waals surface area contributed by atoms with Gasteiger partial charge in [0.05, 0.1) is 5.92 Å². The molecule has 0 aliphatic carbocycles. The summed E-state index contributed by atoms with van der Waals surface area (Å²) >= 11 is 3.42. The second-order valence-corrected chi connectivity index (χ2v) is 8.76. The molecule has 2 aromatic carbocycles. The average molecular weight is 501 g/mol. The van der Waals surface area contributed by atoms with Crippen LogP contribution in [0, 0.1) is 5.92 Å². The number of anilines is 2. The van der Waals surface area contributed by atoms with Gasteiger partial charge in [-0.15, -0.1) is 0 Å². The number of hydrogen-bond acceptors (Lipinski definition) is 4. The first-order chi connectivity index (χ1) is 15.4. The van der Waals surface area contributed by atoms with Crippen LogP contribution in [0.5, 0.6) is 0 Å². The number of benzene rings is 2. The third-order valence-corrected chi connectivity index (χ3v) is 6.25. The van der Waals surface area contributed by atoms with Gasteiger partial charge in [-0.1, -0.05) is 54.9 Å². The van der Waals surface area contributed by atoms with Crippen LogP contribution >= 0.6 is 15.9 Å². The molecule has 1 aliphatic heterocycles. The third-order valence-electron chi connectivity index (χ3n) is 5.76. The fraction of sp³-hybridized carbons (Fsp3) is 0.400. The molecule has 170 valence electrons. The lowest BCUT2D eigenvalue weighted by Crippen LogP contribution is -2.29. The molecule has 2 amide bonds. The van der Waals surface area contributed by atoms with Gasteiger partial charge in [0.25, 0.3) is 5.91 Å². The van der Waals surface area contributed by atoms with Crippen molar-refractivity contribution in [3.8, 4) is 0 Å². The molecule has 0 bridgehead atoms. The smallest absolute Gasteiger partial charge is 0.311 e. The number of hydrogen-bond donors (Lipinski definition) is 1. The molecule has 6 nitrogen and oxygen atoms in total. The second kappa shape index (κ2) is 10.8. The minimum absolute atomic E-state index is 0.0885. The molecule has 1 fully saturated rings. The Morgan fingerprint density at radius 2 is 1.72 bits per heavy atom. The van der Waals surface area contributed by atoms with Crippen molar-refractivity contribution in [1.82, 2.24) is 0 Å². The van der Waals surface area contributed by atoms with Gasteiger partial charge in [-0.2, -0.15) is 0 Å². The molecule has 1 N–H and O–H groups in total. The summed E-state index contributed by atoms with van der Waals surface area (Å²) in [5.74, 6) is -1.59. The minimum atomic E-state index is -0.580. The van der Waals surface area contributed by atoms with Gasteiger partial charge in [0.2, 0.25) is 5.91 Å². The summed E-state index contributed by atoms with van der Waals surface area (Å²) in [6, 6.07) is 11.6. The van der Waals surface area contributed by atoms with E-state index in [1.54, 1.807) is 4.90 Å². The Labute approximate surface area is 197 Å². The van der Waals surface area contributed by atoms with E-state index in [4.69, 9.17) is 4.74 Å². The van der Waals surface area contributed by atoms with Crippen molar-refractivity contribution in [2.24, 2.45) is 5.92 Å². The average Bonchev–Trinajstić information content (AvgIpc) is 3.19. The highest BCUT2D eigenvalue weighted by Gasteiger charge is 2.37. The maximum absolute atomic E-state index is 12.7.